The smallest absolute Gasteiger partial charge is 0.323 e. The number of fused-ring (bicyclic) bond motifs is 1. The lowest BCUT2D eigenvalue weighted by Gasteiger charge is -2.39. The van der Waals surface area contributed by atoms with E-state index in [9.17, 15) is 4.79 Å². The normalized spacial score (nSPS) is 30.5. The van der Waals surface area contributed by atoms with Crippen molar-refractivity contribution in [1.29, 1.82) is 0 Å². The average molecular weight is 295 g/mol. The van der Waals surface area contributed by atoms with E-state index in [0.717, 1.165) is 18.8 Å². The van der Waals surface area contributed by atoms with Gasteiger partial charge in [-0.2, -0.15) is 0 Å². The monoisotopic (exact) mass is 295 g/mol. The minimum Gasteiger partial charge on any atom is -0.462 e. The van der Waals surface area contributed by atoms with Gasteiger partial charge in [0.25, 0.3) is 0 Å². The lowest BCUT2D eigenvalue weighted by Crippen LogP contribution is -2.52. The zero-order valence-corrected chi connectivity index (χ0v) is 13.9. The number of rotatable bonds is 7. The summed E-state index contributed by atoms with van der Waals surface area (Å²) in [5.41, 5.74) is 0. The van der Waals surface area contributed by atoms with E-state index in [2.05, 4.69) is 12.2 Å². The third kappa shape index (κ3) is 5.28. The van der Waals surface area contributed by atoms with E-state index >= 15 is 0 Å². The molecule has 2 rings (SSSR count). The SMILES string of the molecule is CCCCCCC(C)OC(=O)C1CCC2CCCCC2N1. The molecule has 0 spiro atoms. The second-order valence-corrected chi connectivity index (χ2v) is 7.04. The summed E-state index contributed by atoms with van der Waals surface area (Å²) >= 11 is 0. The summed E-state index contributed by atoms with van der Waals surface area (Å²) in [7, 11) is 0. The first-order valence-electron chi connectivity index (χ1n) is 9.17. The molecule has 0 bridgehead atoms. The Hall–Kier alpha value is -0.570. The van der Waals surface area contributed by atoms with Crippen molar-refractivity contribution < 1.29 is 9.53 Å². The fourth-order valence-corrected chi connectivity index (χ4v) is 3.88. The number of carbonyl (C=O) groups excluding carboxylic acids is 1. The Balaban J connectivity index is 1.68. The van der Waals surface area contributed by atoms with Gasteiger partial charge in [-0.1, -0.05) is 39.0 Å². The van der Waals surface area contributed by atoms with Gasteiger partial charge in [0.15, 0.2) is 0 Å². The van der Waals surface area contributed by atoms with Gasteiger partial charge in [0.05, 0.1) is 6.10 Å². The third-order valence-electron chi connectivity index (χ3n) is 5.22. The van der Waals surface area contributed by atoms with Gasteiger partial charge >= 0.3 is 5.97 Å². The summed E-state index contributed by atoms with van der Waals surface area (Å²) in [6, 6.07) is 0.507. The van der Waals surface area contributed by atoms with Crippen molar-refractivity contribution in [3.63, 3.8) is 0 Å². The first-order chi connectivity index (χ1) is 10.2. The predicted octanol–water partition coefficient (Wildman–Crippen LogP) is 4.20. The molecule has 0 aromatic carbocycles. The second kappa shape index (κ2) is 8.77. The van der Waals surface area contributed by atoms with Crippen LogP contribution in [0.5, 0.6) is 0 Å². The van der Waals surface area contributed by atoms with Crippen molar-refractivity contribution in [3.8, 4) is 0 Å². The highest BCUT2D eigenvalue weighted by Gasteiger charge is 2.35. The molecule has 1 aliphatic heterocycles. The van der Waals surface area contributed by atoms with Gasteiger partial charge in [0.2, 0.25) is 0 Å². The van der Waals surface area contributed by atoms with Crippen LogP contribution in [0.25, 0.3) is 0 Å². The van der Waals surface area contributed by atoms with Crippen molar-refractivity contribution in [2.45, 2.75) is 103 Å². The molecule has 4 atom stereocenters. The molecule has 3 nitrogen and oxygen atoms in total. The van der Waals surface area contributed by atoms with Crippen LogP contribution in [-0.4, -0.2) is 24.2 Å². The van der Waals surface area contributed by atoms with Gasteiger partial charge in [-0.05, 0) is 51.4 Å². The van der Waals surface area contributed by atoms with E-state index < -0.39 is 0 Å². The van der Waals surface area contributed by atoms with Crippen molar-refractivity contribution in [2.24, 2.45) is 5.92 Å². The molecule has 4 unspecified atom stereocenters. The second-order valence-electron chi connectivity index (χ2n) is 7.04. The molecule has 1 N–H and O–H groups in total. The molecule has 1 aliphatic carbocycles. The van der Waals surface area contributed by atoms with Gasteiger partial charge in [-0.15, -0.1) is 0 Å². The van der Waals surface area contributed by atoms with Crippen LogP contribution in [-0.2, 0) is 9.53 Å². The van der Waals surface area contributed by atoms with Crippen LogP contribution in [0.2, 0.25) is 0 Å². The van der Waals surface area contributed by atoms with Crippen LogP contribution in [0, 0.1) is 5.92 Å². The van der Waals surface area contributed by atoms with Gasteiger partial charge in [-0.3, -0.25) is 4.79 Å². The Morgan fingerprint density at radius 3 is 2.76 bits per heavy atom. The van der Waals surface area contributed by atoms with Crippen LogP contribution < -0.4 is 5.32 Å². The van der Waals surface area contributed by atoms with Crippen molar-refractivity contribution in [1.82, 2.24) is 5.32 Å². The maximum absolute atomic E-state index is 12.3. The highest BCUT2D eigenvalue weighted by atomic mass is 16.5. The molecular formula is C18H33NO2. The predicted molar refractivity (Wildman–Crippen MR) is 86.2 cm³/mol. The minimum atomic E-state index is -0.0533. The Labute approximate surface area is 130 Å². The molecule has 2 aliphatic rings. The van der Waals surface area contributed by atoms with Crippen LogP contribution >= 0.6 is 0 Å². The summed E-state index contributed by atoms with van der Waals surface area (Å²) in [5.74, 6) is 0.788. The summed E-state index contributed by atoms with van der Waals surface area (Å²) in [6.45, 7) is 4.26. The summed E-state index contributed by atoms with van der Waals surface area (Å²) in [4.78, 5) is 12.3. The topological polar surface area (TPSA) is 38.3 Å². The van der Waals surface area contributed by atoms with Crippen LogP contribution in [0.4, 0.5) is 0 Å². The molecular weight excluding hydrogens is 262 g/mol. The molecule has 1 heterocycles. The van der Waals surface area contributed by atoms with Crippen molar-refractivity contribution >= 4 is 5.97 Å². The number of carbonyl (C=O) groups is 1. The van der Waals surface area contributed by atoms with Gasteiger partial charge < -0.3 is 10.1 Å². The molecule has 0 amide bonds. The van der Waals surface area contributed by atoms with Gasteiger partial charge in [0, 0.05) is 6.04 Å². The van der Waals surface area contributed by atoms with E-state index in [1.54, 1.807) is 0 Å². The molecule has 0 aromatic rings. The summed E-state index contributed by atoms with van der Waals surface area (Å²) < 4.78 is 5.65. The van der Waals surface area contributed by atoms with Crippen molar-refractivity contribution in [3.05, 3.63) is 0 Å². The number of ether oxygens (including phenoxy) is 1. The Morgan fingerprint density at radius 1 is 1.14 bits per heavy atom. The molecule has 1 saturated heterocycles. The fourth-order valence-electron chi connectivity index (χ4n) is 3.88. The Kier molecular flexibility index (Phi) is 7.01. The zero-order chi connectivity index (χ0) is 15.1. The fraction of sp³-hybridized carbons (Fsp3) is 0.944. The first-order valence-corrected chi connectivity index (χ1v) is 9.17. The molecule has 0 aromatic heterocycles. The molecule has 0 radical (unpaired) electrons. The lowest BCUT2D eigenvalue weighted by atomic mass is 9.78. The van der Waals surface area contributed by atoms with E-state index in [1.165, 1.54) is 57.8 Å². The molecule has 3 heteroatoms. The quantitative estimate of drug-likeness (QED) is 0.565. The standard InChI is InChI=1S/C18H33NO2/c1-3-4-5-6-9-14(2)21-18(20)17-13-12-15-10-7-8-11-16(15)19-17/h14-17,19H,3-13H2,1-2H3. The maximum atomic E-state index is 12.3. The summed E-state index contributed by atoms with van der Waals surface area (Å²) in [5, 5.41) is 3.56. The number of esters is 1. The largest absolute Gasteiger partial charge is 0.462 e. The number of piperidine rings is 1. The van der Waals surface area contributed by atoms with Crippen LogP contribution in [0.15, 0.2) is 0 Å². The van der Waals surface area contributed by atoms with Gasteiger partial charge in [0.1, 0.15) is 6.04 Å². The van der Waals surface area contributed by atoms with E-state index in [-0.39, 0.29) is 18.1 Å². The molecule has 21 heavy (non-hydrogen) atoms. The van der Waals surface area contributed by atoms with Crippen LogP contribution in [0.1, 0.15) is 84.5 Å². The van der Waals surface area contributed by atoms with E-state index in [0.29, 0.717) is 6.04 Å². The zero-order valence-electron chi connectivity index (χ0n) is 13.9. The average Bonchev–Trinajstić information content (AvgIpc) is 2.51. The van der Waals surface area contributed by atoms with Crippen LogP contribution in [0.3, 0.4) is 0 Å². The molecule has 122 valence electrons. The number of nitrogens with one attached hydrogen (secondary N) is 1. The van der Waals surface area contributed by atoms with Gasteiger partial charge in [-0.25, -0.2) is 0 Å². The maximum Gasteiger partial charge on any atom is 0.323 e. The number of unbranched alkanes of at least 4 members (excludes halogenated alkanes) is 3. The highest BCUT2D eigenvalue weighted by Crippen LogP contribution is 2.32. The third-order valence-corrected chi connectivity index (χ3v) is 5.22. The van der Waals surface area contributed by atoms with Crippen molar-refractivity contribution in [2.75, 3.05) is 0 Å². The van der Waals surface area contributed by atoms with E-state index in [4.69, 9.17) is 4.74 Å². The Bertz CT molecular complexity index is 318. The molecule has 2 fully saturated rings. The Morgan fingerprint density at radius 2 is 1.95 bits per heavy atom. The summed E-state index contributed by atoms with van der Waals surface area (Å²) in [6.07, 6.45) is 13.5. The highest BCUT2D eigenvalue weighted by molar-refractivity contribution is 5.76. The number of hydrogen-bond donors (Lipinski definition) is 1. The minimum absolute atomic E-state index is 0.0120. The lowest BCUT2D eigenvalue weighted by molar-refractivity contribution is -0.152. The molecule has 1 saturated carbocycles. The van der Waals surface area contributed by atoms with E-state index in [1.807, 2.05) is 6.92 Å². The first kappa shape index (κ1) is 16.8. The number of hydrogen-bond acceptors (Lipinski definition) is 3.